The molecule has 2 aromatic rings. The summed E-state index contributed by atoms with van der Waals surface area (Å²) in [6.45, 7) is 0. The zero-order chi connectivity index (χ0) is 13.7. The number of pyridine rings is 1. The van der Waals surface area contributed by atoms with E-state index in [0.717, 1.165) is 11.3 Å². The number of carbonyl (C=O) groups is 1. The second-order valence-corrected chi connectivity index (χ2v) is 4.05. The maximum atomic E-state index is 11.8. The molecule has 0 spiro atoms. The summed E-state index contributed by atoms with van der Waals surface area (Å²) in [5, 5.41) is 2.71. The number of aromatic nitrogens is 1. The Morgan fingerprint density at radius 2 is 2.21 bits per heavy atom. The highest BCUT2D eigenvalue weighted by Crippen LogP contribution is 2.13. The van der Waals surface area contributed by atoms with Crippen LogP contribution in [0.3, 0.4) is 0 Å². The number of ether oxygens (including phenoxy) is 1. The second kappa shape index (κ2) is 5.86. The van der Waals surface area contributed by atoms with Crippen molar-refractivity contribution in [1.82, 2.24) is 4.98 Å². The molecular weight excluding hydrogens is 242 g/mol. The highest BCUT2D eigenvalue weighted by atomic mass is 16.5. The number of benzene rings is 1. The summed E-state index contributed by atoms with van der Waals surface area (Å²) >= 11 is 0. The third-order valence-corrected chi connectivity index (χ3v) is 2.55. The van der Waals surface area contributed by atoms with Crippen LogP contribution in [0.4, 0.5) is 11.5 Å². The Balaban J connectivity index is 1.99. The van der Waals surface area contributed by atoms with E-state index in [1.165, 1.54) is 6.20 Å². The van der Waals surface area contributed by atoms with Crippen molar-refractivity contribution in [1.29, 1.82) is 0 Å². The maximum absolute atomic E-state index is 11.8. The molecule has 0 aliphatic rings. The topological polar surface area (TPSA) is 77.2 Å². The number of nitrogens with zero attached hydrogens (tertiary/aromatic N) is 1. The molecule has 1 aromatic heterocycles. The van der Waals surface area contributed by atoms with Gasteiger partial charge in [-0.1, -0.05) is 12.1 Å². The molecule has 1 amide bonds. The fourth-order valence-electron chi connectivity index (χ4n) is 1.63. The molecule has 0 bridgehead atoms. The van der Waals surface area contributed by atoms with Gasteiger partial charge < -0.3 is 15.8 Å². The maximum Gasteiger partial charge on any atom is 0.229 e. The minimum Gasteiger partial charge on any atom is -0.497 e. The molecule has 1 heterocycles. The number of amides is 1. The first-order chi connectivity index (χ1) is 9.17. The van der Waals surface area contributed by atoms with Crippen molar-refractivity contribution >= 4 is 17.4 Å². The van der Waals surface area contributed by atoms with E-state index >= 15 is 0 Å². The average molecular weight is 257 g/mol. The van der Waals surface area contributed by atoms with Crippen LogP contribution in [0, 0.1) is 0 Å². The van der Waals surface area contributed by atoms with Gasteiger partial charge in [-0.05, 0) is 29.8 Å². The molecule has 0 saturated carbocycles. The first kappa shape index (κ1) is 12.9. The third kappa shape index (κ3) is 3.70. The summed E-state index contributed by atoms with van der Waals surface area (Å²) in [6, 6.07) is 10.7. The summed E-state index contributed by atoms with van der Waals surface area (Å²) in [5.74, 6) is 1.09. The van der Waals surface area contributed by atoms with E-state index < -0.39 is 0 Å². The van der Waals surface area contributed by atoms with E-state index in [1.54, 1.807) is 19.2 Å². The number of rotatable bonds is 4. The summed E-state index contributed by atoms with van der Waals surface area (Å²) in [4.78, 5) is 15.9. The van der Waals surface area contributed by atoms with Crippen LogP contribution in [0.15, 0.2) is 42.6 Å². The highest BCUT2D eigenvalue weighted by Gasteiger charge is 2.05. The van der Waals surface area contributed by atoms with Crippen LogP contribution in [0.25, 0.3) is 0 Å². The molecule has 5 nitrogen and oxygen atoms in total. The summed E-state index contributed by atoms with van der Waals surface area (Å²) in [6.07, 6.45) is 1.77. The lowest BCUT2D eigenvalue weighted by atomic mass is 10.1. The Hall–Kier alpha value is -2.56. The van der Waals surface area contributed by atoms with Crippen LogP contribution >= 0.6 is 0 Å². The van der Waals surface area contributed by atoms with Crippen LogP contribution in [-0.4, -0.2) is 18.0 Å². The molecule has 0 aliphatic heterocycles. The molecule has 5 heteroatoms. The van der Waals surface area contributed by atoms with Crippen molar-refractivity contribution < 1.29 is 9.53 Å². The van der Waals surface area contributed by atoms with E-state index in [1.807, 2.05) is 24.3 Å². The molecule has 0 fully saturated rings. The molecule has 2 rings (SSSR count). The molecule has 98 valence electrons. The Bertz CT molecular complexity index is 567. The molecule has 0 atom stereocenters. The van der Waals surface area contributed by atoms with Crippen molar-refractivity contribution in [2.75, 3.05) is 18.2 Å². The fraction of sp³-hybridized carbons (Fsp3) is 0.143. The zero-order valence-electron chi connectivity index (χ0n) is 10.6. The number of hydrogen-bond donors (Lipinski definition) is 2. The van der Waals surface area contributed by atoms with Gasteiger partial charge in [-0.25, -0.2) is 4.98 Å². The fourth-order valence-corrected chi connectivity index (χ4v) is 1.63. The molecule has 3 N–H and O–H groups in total. The van der Waals surface area contributed by atoms with Crippen LogP contribution in [0.2, 0.25) is 0 Å². The minimum absolute atomic E-state index is 0.134. The van der Waals surface area contributed by atoms with Gasteiger partial charge in [0.25, 0.3) is 0 Å². The highest BCUT2D eigenvalue weighted by molar-refractivity contribution is 5.91. The van der Waals surface area contributed by atoms with Crippen molar-refractivity contribution in [2.24, 2.45) is 0 Å². The first-order valence-corrected chi connectivity index (χ1v) is 5.81. The predicted octanol–water partition coefficient (Wildman–Crippen LogP) is 1.85. The van der Waals surface area contributed by atoms with Gasteiger partial charge in [-0.15, -0.1) is 0 Å². The number of nitrogens with two attached hydrogens (primary N) is 1. The van der Waals surface area contributed by atoms with E-state index in [9.17, 15) is 4.79 Å². The number of nitrogen functional groups attached to an aromatic ring is 1. The van der Waals surface area contributed by atoms with Gasteiger partial charge in [0, 0.05) is 0 Å². The predicted molar refractivity (Wildman–Crippen MR) is 74.0 cm³/mol. The van der Waals surface area contributed by atoms with Crippen LogP contribution in [-0.2, 0) is 11.2 Å². The Kier molecular flexibility index (Phi) is 3.97. The van der Waals surface area contributed by atoms with Gasteiger partial charge in [-0.3, -0.25) is 4.79 Å². The smallest absolute Gasteiger partial charge is 0.229 e. The van der Waals surface area contributed by atoms with E-state index in [2.05, 4.69) is 10.3 Å². The number of nitrogens with one attached hydrogen (secondary N) is 1. The van der Waals surface area contributed by atoms with Crippen molar-refractivity contribution in [3.63, 3.8) is 0 Å². The molecular formula is C14H15N3O2. The van der Waals surface area contributed by atoms with Gasteiger partial charge in [0.1, 0.15) is 11.6 Å². The summed E-state index contributed by atoms with van der Waals surface area (Å²) in [5.41, 5.74) is 6.97. The largest absolute Gasteiger partial charge is 0.497 e. The van der Waals surface area contributed by atoms with Crippen molar-refractivity contribution in [2.45, 2.75) is 6.42 Å². The molecule has 0 saturated heterocycles. The van der Waals surface area contributed by atoms with Crippen molar-refractivity contribution in [3.05, 3.63) is 48.2 Å². The molecule has 0 radical (unpaired) electrons. The lowest BCUT2D eigenvalue weighted by molar-refractivity contribution is -0.115. The first-order valence-electron chi connectivity index (χ1n) is 5.81. The zero-order valence-corrected chi connectivity index (χ0v) is 10.6. The van der Waals surface area contributed by atoms with Crippen LogP contribution < -0.4 is 15.8 Å². The third-order valence-electron chi connectivity index (χ3n) is 2.55. The molecule has 19 heavy (non-hydrogen) atoms. The number of hydrogen-bond acceptors (Lipinski definition) is 4. The average Bonchev–Trinajstić information content (AvgIpc) is 2.41. The number of carbonyl (C=O) groups excluding carboxylic acids is 1. The number of methoxy groups -OCH3 is 1. The van der Waals surface area contributed by atoms with Crippen LogP contribution in [0.1, 0.15) is 5.56 Å². The summed E-state index contributed by atoms with van der Waals surface area (Å²) in [7, 11) is 1.59. The lowest BCUT2D eigenvalue weighted by Gasteiger charge is -2.06. The van der Waals surface area contributed by atoms with Gasteiger partial charge >= 0.3 is 0 Å². The quantitative estimate of drug-likeness (QED) is 0.876. The Morgan fingerprint density at radius 1 is 1.37 bits per heavy atom. The normalized spacial score (nSPS) is 9.95. The van der Waals surface area contributed by atoms with Crippen molar-refractivity contribution in [3.8, 4) is 5.75 Å². The van der Waals surface area contributed by atoms with E-state index in [4.69, 9.17) is 10.5 Å². The lowest BCUT2D eigenvalue weighted by Crippen LogP contribution is -2.15. The van der Waals surface area contributed by atoms with E-state index in [-0.39, 0.29) is 12.3 Å². The Labute approximate surface area is 111 Å². The number of anilines is 2. The standard InChI is InChI=1S/C14H15N3O2/c1-19-12-4-2-3-10(7-12)8-14(18)17-13-6-5-11(15)9-16-13/h2-7,9H,8,15H2,1H3,(H,16,17,18). The molecule has 0 aliphatic carbocycles. The van der Waals surface area contributed by atoms with Gasteiger partial charge in [0.2, 0.25) is 5.91 Å². The molecule has 0 unspecified atom stereocenters. The Morgan fingerprint density at radius 3 is 2.89 bits per heavy atom. The molecule has 1 aromatic carbocycles. The second-order valence-electron chi connectivity index (χ2n) is 4.05. The van der Waals surface area contributed by atoms with Gasteiger partial charge in [0.15, 0.2) is 0 Å². The minimum atomic E-state index is -0.134. The van der Waals surface area contributed by atoms with Crippen LogP contribution in [0.5, 0.6) is 5.75 Å². The van der Waals surface area contributed by atoms with Gasteiger partial charge in [0.05, 0.1) is 25.4 Å². The SMILES string of the molecule is COc1cccc(CC(=O)Nc2ccc(N)cn2)c1. The van der Waals surface area contributed by atoms with E-state index in [0.29, 0.717) is 11.5 Å². The van der Waals surface area contributed by atoms with Gasteiger partial charge in [-0.2, -0.15) is 0 Å². The summed E-state index contributed by atoms with van der Waals surface area (Å²) < 4.78 is 5.11. The monoisotopic (exact) mass is 257 g/mol.